The van der Waals surface area contributed by atoms with Gasteiger partial charge in [0.1, 0.15) is 23.5 Å². The van der Waals surface area contributed by atoms with Crippen molar-refractivity contribution in [3.05, 3.63) is 18.2 Å². The Morgan fingerprint density at radius 2 is 2.06 bits per heavy atom. The number of nitrogens with two attached hydrogens (primary N) is 1. The van der Waals surface area contributed by atoms with Gasteiger partial charge >= 0.3 is 0 Å². The first-order chi connectivity index (χ1) is 7.68. The molecule has 0 fully saturated rings. The van der Waals surface area contributed by atoms with Crippen LogP contribution in [0.5, 0.6) is 0 Å². The highest BCUT2D eigenvalue weighted by atomic mass is 32.2. The number of nitrogens with zero attached hydrogens (tertiary/aromatic N) is 4. The molecule has 0 aliphatic heterocycles. The highest BCUT2D eigenvalue weighted by Crippen LogP contribution is 2.32. The van der Waals surface area contributed by atoms with Gasteiger partial charge in [-0.1, -0.05) is 13.8 Å². The third kappa shape index (κ3) is 2.13. The Hall–Kier alpha value is -1.63. The number of nitrogen functional groups attached to an aromatic ring is 1. The molecule has 2 aromatic heterocycles. The van der Waals surface area contributed by atoms with Crippen molar-refractivity contribution in [1.82, 2.24) is 25.1 Å². The maximum atomic E-state index is 5.84. The number of aromatic nitrogens is 5. The molecule has 0 amide bonds. The molecule has 0 aliphatic rings. The van der Waals surface area contributed by atoms with Gasteiger partial charge in [0, 0.05) is 5.56 Å². The Bertz CT molecular complexity index is 467. The number of hydrogen-bond donors (Lipinski definition) is 2. The van der Waals surface area contributed by atoms with Crippen LogP contribution in [-0.4, -0.2) is 25.1 Å². The van der Waals surface area contributed by atoms with Crippen molar-refractivity contribution < 1.29 is 0 Å². The summed E-state index contributed by atoms with van der Waals surface area (Å²) in [5.74, 6) is 0.790. The smallest absolute Gasteiger partial charge is 0.189 e. The minimum Gasteiger partial charge on any atom is -0.383 e. The maximum Gasteiger partial charge on any atom is 0.189 e. The molecule has 0 saturated carbocycles. The van der Waals surface area contributed by atoms with E-state index >= 15 is 0 Å². The van der Waals surface area contributed by atoms with Crippen molar-refractivity contribution in [2.24, 2.45) is 0 Å². The summed E-state index contributed by atoms with van der Waals surface area (Å²) >= 11 is 1.40. The molecular formula is C9H12N6S. The van der Waals surface area contributed by atoms with Gasteiger partial charge in [-0.15, -0.1) is 0 Å². The summed E-state index contributed by atoms with van der Waals surface area (Å²) in [6, 6.07) is 0. The molecule has 16 heavy (non-hydrogen) atoms. The molecule has 0 radical (unpaired) electrons. The predicted molar refractivity (Wildman–Crippen MR) is 61.0 cm³/mol. The number of nitrogens with one attached hydrogen (secondary N) is 1. The minimum atomic E-state index is 0.270. The molecule has 0 aromatic carbocycles. The molecule has 0 saturated heterocycles. The van der Waals surface area contributed by atoms with E-state index in [1.54, 1.807) is 0 Å². The Labute approximate surface area is 97.1 Å². The third-order valence-electron chi connectivity index (χ3n) is 2.04. The molecule has 0 spiro atoms. The van der Waals surface area contributed by atoms with Gasteiger partial charge in [0.15, 0.2) is 5.16 Å². The van der Waals surface area contributed by atoms with Crippen LogP contribution < -0.4 is 5.73 Å². The van der Waals surface area contributed by atoms with Gasteiger partial charge < -0.3 is 5.73 Å². The van der Waals surface area contributed by atoms with Crippen molar-refractivity contribution in [2.45, 2.75) is 29.9 Å². The van der Waals surface area contributed by atoms with E-state index in [4.69, 9.17) is 5.73 Å². The molecule has 2 heterocycles. The quantitative estimate of drug-likeness (QED) is 0.783. The lowest BCUT2D eigenvalue weighted by Gasteiger charge is -2.11. The second-order valence-corrected chi connectivity index (χ2v) is 4.50. The first kappa shape index (κ1) is 10.9. The first-order valence-corrected chi connectivity index (χ1v) is 5.63. The molecule has 3 N–H and O–H groups in total. The predicted octanol–water partition coefficient (Wildman–Crippen LogP) is 1.45. The van der Waals surface area contributed by atoms with Crippen molar-refractivity contribution in [3.8, 4) is 0 Å². The van der Waals surface area contributed by atoms with Gasteiger partial charge in [0.25, 0.3) is 0 Å². The van der Waals surface area contributed by atoms with Crippen LogP contribution in [-0.2, 0) is 0 Å². The van der Waals surface area contributed by atoms with E-state index < -0.39 is 0 Å². The van der Waals surface area contributed by atoms with Crippen molar-refractivity contribution in [2.75, 3.05) is 5.73 Å². The fraction of sp³-hybridized carbons (Fsp3) is 0.333. The van der Waals surface area contributed by atoms with Crippen LogP contribution in [0.4, 0.5) is 5.82 Å². The minimum absolute atomic E-state index is 0.270. The van der Waals surface area contributed by atoms with Crippen molar-refractivity contribution in [1.29, 1.82) is 0 Å². The standard InChI is InChI=1S/C9H12N6S/c1-5(2)6-7(10)11-3-12-8(6)16-9-13-4-14-15-9/h3-5H,1-2H3,(H2,10,11,12)(H,13,14,15). The molecule has 84 valence electrons. The fourth-order valence-electron chi connectivity index (χ4n) is 1.35. The summed E-state index contributed by atoms with van der Waals surface area (Å²) in [5, 5.41) is 8.07. The molecule has 6 nitrogen and oxygen atoms in total. The fourth-order valence-corrected chi connectivity index (χ4v) is 2.28. The van der Waals surface area contributed by atoms with E-state index in [1.165, 1.54) is 24.4 Å². The summed E-state index contributed by atoms with van der Waals surface area (Å²) in [6.07, 6.45) is 2.92. The third-order valence-corrected chi connectivity index (χ3v) is 2.95. The van der Waals surface area contributed by atoms with Gasteiger partial charge in [-0.05, 0) is 17.7 Å². The van der Waals surface area contributed by atoms with Gasteiger partial charge in [0.2, 0.25) is 0 Å². The second kappa shape index (κ2) is 4.48. The van der Waals surface area contributed by atoms with Gasteiger partial charge in [-0.3, -0.25) is 5.10 Å². The Kier molecular flexibility index (Phi) is 3.04. The van der Waals surface area contributed by atoms with Crippen molar-refractivity contribution in [3.63, 3.8) is 0 Å². The highest BCUT2D eigenvalue weighted by molar-refractivity contribution is 7.99. The van der Waals surface area contributed by atoms with Gasteiger partial charge in [-0.25, -0.2) is 15.0 Å². The van der Waals surface area contributed by atoms with Crippen LogP contribution >= 0.6 is 11.8 Å². The van der Waals surface area contributed by atoms with Crippen LogP contribution in [0, 0.1) is 0 Å². The summed E-state index contributed by atoms with van der Waals surface area (Å²) < 4.78 is 0. The topological polar surface area (TPSA) is 93.4 Å². The van der Waals surface area contributed by atoms with Gasteiger partial charge in [0.05, 0.1) is 0 Å². The molecular weight excluding hydrogens is 224 g/mol. The lowest BCUT2D eigenvalue weighted by atomic mass is 10.1. The highest BCUT2D eigenvalue weighted by Gasteiger charge is 2.14. The SMILES string of the molecule is CC(C)c1c(N)ncnc1Sc1ncn[nH]1. The number of H-pyrrole nitrogens is 1. The lowest BCUT2D eigenvalue weighted by Crippen LogP contribution is -2.03. The molecule has 2 rings (SSSR count). The maximum absolute atomic E-state index is 5.84. The molecule has 7 heteroatoms. The Morgan fingerprint density at radius 3 is 2.69 bits per heavy atom. The van der Waals surface area contributed by atoms with Crippen molar-refractivity contribution >= 4 is 17.6 Å². The van der Waals surface area contributed by atoms with Gasteiger partial charge in [-0.2, -0.15) is 5.10 Å². The van der Waals surface area contributed by atoms with E-state index in [1.807, 2.05) is 0 Å². The number of aromatic amines is 1. The zero-order valence-electron chi connectivity index (χ0n) is 9.01. The molecule has 0 atom stereocenters. The summed E-state index contributed by atoms with van der Waals surface area (Å²) in [7, 11) is 0. The lowest BCUT2D eigenvalue weighted by molar-refractivity contribution is 0.806. The van der Waals surface area contributed by atoms with E-state index in [-0.39, 0.29) is 5.92 Å². The van der Waals surface area contributed by atoms with Crippen LogP contribution in [0.1, 0.15) is 25.3 Å². The monoisotopic (exact) mass is 236 g/mol. The van der Waals surface area contributed by atoms with E-state index in [9.17, 15) is 0 Å². The zero-order valence-corrected chi connectivity index (χ0v) is 9.82. The Morgan fingerprint density at radius 1 is 1.25 bits per heavy atom. The van der Waals surface area contributed by atoms with Crippen LogP contribution in [0.2, 0.25) is 0 Å². The van der Waals surface area contributed by atoms with Crippen LogP contribution in [0.15, 0.2) is 22.8 Å². The first-order valence-electron chi connectivity index (χ1n) is 4.82. The van der Waals surface area contributed by atoms with Crippen LogP contribution in [0.3, 0.4) is 0 Å². The largest absolute Gasteiger partial charge is 0.383 e. The molecule has 0 unspecified atom stereocenters. The van der Waals surface area contributed by atoms with E-state index in [0.29, 0.717) is 11.0 Å². The zero-order chi connectivity index (χ0) is 11.5. The number of anilines is 1. The average Bonchev–Trinajstić information content (AvgIpc) is 2.70. The van der Waals surface area contributed by atoms with E-state index in [2.05, 4.69) is 39.0 Å². The van der Waals surface area contributed by atoms with Crippen LogP contribution in [0.25, 0.3) is 0 Å². The van der Waals surface area contributed by atoms with E-state index in [0.717, 1.165) is 10.6 Å². The molecule has 2 aromatic rings. The Balaban J connectivity index is 2.37. The summed E-state index contributed by atoms with van der Waals surface area (Å²) in [5.41, 5.74) is 6.79. The second-order valence-electron chi connectivity index (χ2n) is 3.53. The number of rotatable bonds is 3. The summed E-state index contributed by atoms with van der Waals surface area (Å²) in [6.45, 7) is 4.11. The summed E-state index contributed by atoms with van der Waals surface area (Å²) in [4.78, 5) is 12.3. The number of hydrogen-bond acceptors (Lipinski definition) is 6. The molecule has 0 aliphatic carbocycles. The molecule has 0 bridgehead atoms. The normalized spacial score (nSPS) is 10.9. The average molecular weight is 236 g/mol.